The number of likely N-dealkylation sites (tertiary alicyclic amines) is 1. The van der Waals surface area contributed by atoms with Crippen LogP contribution in [0.15, 0.2) is 18.2 Å². The number of nitrogens with one attached hydrogen (secondary N) is 1. The van der Waals surface area contributed by atoms with E-state index in [0.29, 0.717) is 0 Å². The maximum Gasteiger partial charge on any atom is 0.418 e. The van der Waals surface area contributed by atoms with Gasteiger partial charge in [-0.25, -0.2) is 0 Å². The molecule has 112 valence electrons. The first-order valence-corrected chi connectivity index (χ1v) is 6.85. The summed E-state index contributed by atoms with van der Waals surface area (Å²) in [6.07, 6.45) is -2.50. The maximum absolute atomic E-state index is 13.0. The average molecular weight is 287 g/mol. The summed E-state index contributed by atoms with van der Waals surface area (Å²) in [4.78, 5) is 2.24. The van der Waals surface area contributed by atoms with Gasteiger partial charge in [0, 0.05) is 24.0 Å². The van der Waals surface area contributed by atoms with Crippen molar-refractivity contribution in [1.29, 1.82) is 0 Å². The highest BCUT2D eigenvalue weighted by Crippen LogP contribution is 2.36. The van der Waals surface area contributed by atoms with Gasteiger partial charge in [-0.1, -0.05) is 6.92 Å². The van der Waals surface area contributed by atoms with Gasteiger partial charge in [0.05, 0.1) is 5.56 Å². The molecule has 3 N–H and O–H groups in total. The van der Waals surface area contributed by atoms with Crippen molar-refractivity contribution in [1.82, 2.24) is 4.90 Å². The van der Waals surface area contributed by atoms with Crippen LogP contribution in [0.25, 0.3) is 0 Å². The monoisotopic (exact) mass is 287 g/mol. The first kappa shape index (κ1) is 15.0. The van der Waals surface area contributed by atoms with E-state index in [2.05, 4.69) is 17.1 Å². The zero-order valence-electron chi connectivity index (χ0n) is 11.5. The molecule has 2 rings (SSSR count). The molecule has 1 aromatic carbocycles. The molecule has 0 aromatic heterocycles. The van der Waals surface area contributed by atoms with Crippen LogP contribution in [0.3, 0.4) is 0 Å². The van der Waals surface area contributed by atoms with E-state index in [-0.39, 0.29) is 17.4 Å². The Hall–Kier alpha value is -1.43. The van der Waals surface area contributed by atoms with Gasteiger partial charge in [-0.2, -0.15) is 13.2 Å². The lowest BCUT2D eigenvalue weighted by molar-refractivity contribution is -0.136. The van der Waals surface area contributed by atoms with Gasteiger partial charge in [-0.05, 0) is 44.1 Å². The summed E-state index contributed by atoms with van der Waals surface area (Å²) in [6, 6.07) is 3.96. The summed E-state index contributed by atoms with van der Waals surface area (Å²) in [5.74, 6) is 0. The minimum absolute atomic E-state index is 0.0495. The lowest BCUT2D eigenvalue weighted by atomic mass is 10.0. The molecule has 1 aliphatic rings. The van der Waals surface area contributed by atoms with Crippen LogP contribution in [0, 0.1) is 0 Å². The average Bonchev–Trinajstić information content (AvgIpc) is 2.40. The van der Waals surface area contributed by atoms with Crippen LogP contribution in [0.4, 0.5) is 24.5 Å². The Morgan fingerprint density at radius 1 is 1.40 bits per heavy atom. The molecule has 1 heterocycles. The third-order valence-electron chi connectivity index (χ3n) is 3.66. The molecular formula is C14H20F3N3. The van der Waals surface area contributed by atoms with Gasteiger partial charge in [-0.3, -0.25) is 0 Å². The Labute approximate surface area is 116 Å². The molecule has 0 amide bonds. The van der Waals surface area contributed by atoms with Gasteiger partial charge in [0.2, 0.25) is 0 Å². The maximum atomic E-state index is 13.0. The van der Waals surface area contributed by atoms with Crippen LogP contribution in [0.5, 0.6) is 0 Å². The van der Waals surface area contributed by atoms with Crippen LogP contribution < -0.4 is 11.1 Å². The van der Waals surface area contributed by atoms with Crippen molar-refractivity contribution in [2.24, 2.45) is 0 Å². The van der Waals surface area contributed by atoms with E-state index < -0.39 is 11.7 Å². The van der Waals surface area contributed by atoms with Crippen LogP contribution >= 0.6 is 0 Å². The minimum Gasteiger partial charge on any atom is -0.399 e. The van der Waals surface area contributed by atoms with Gasteiger partial charge >= 0.3 is 6.18 Å². The number of alkyl halides is 3. The van der Waals surface area contributed by atoms with Crippen molar-refractivity contribution in [3.8, 4) is 0 Å². The summed E-state index contributed by atoms with van der Waals surface area (Å²) in [7, 11) is 0. The summed E-state index contributed by atoms with van der Waals surface area (Å²) in [5, 5.41) is 3.03. The quantitative estimate of drug-likeness (QED) is 0.839. The Kier molecular flexibility index (Phi) is 4.42. The molecule has 1 atom stereocenters. The zero-order valence-corrected chi connectivity index (χ0v) is 11.5. The highest BCUT2D eigenvalue weighted by molar-refractivity contribution is 5.59. The number of hydrogen-bond donors (Lipinski definition) is 2. The molecule has 0 spiro atoms. The van der Waals surface area contributed by atoms with Crippen molar-refractivity contribution in [2.45, 2.75) is 32.0 Å². The van der Waals surface area contributed by atoms with Crippen molar-refractivity contribution in [3.05, 3.63) is 23.8 Å². The molecule has 1 fully saturated rings. The summed E-state index contributed by atoms with van der Waals surface area (Å²) in [5.41, 5.74) is 5.02. The van der Waals surface area contributed by atoms with E-state index in [1.807, 2.05) is 0 Å². The summed E-state index contributed by atoms with van der Waals surface area (Å²) in [6.45, 7) is 4.78. The molecule has 1 aromatic rings. The highest BCUT2D eigenvalue weighted by atomic mass is 19.4. The SMILES string of the molecule is CCN1CCCC(Nc2ccc(N)cc2C(F)(F)F)C1. The Morgan fingerprint density at radius 3 is 2.80 bits per heavy atom. The molecular weight excluding hydrogens is 267 g/mol. The molecule has 0 aliphatic carbocycles. The Morgan fingerprint density at radius 2 is 2.15 bits per heavy atom. The van der Waals surface area contributed by atoms with Crippen molar-refractivity contribution in [3.63, 3.8) is 0 Å². The number of nitrogens with two attached hydrogens (primary N) is 1. The third-order valence-corrected chi connectivity index (χ3v) is 3.66. The third kappa shape index (κ3) is 3.56. The van der Waals surface area contributed by atoms with E-state index in [9.17, 15) is 13.2 Å². The second-order valence-electron chi connectivity index (χ2n) is 5.18. The highest BCUT2D eigenvalue weighted by Gasteiger charge is 2.34. The van der Waals surface area contributed by atoms with Crippen molar-refractivity contribution in [2.75, 3.05) is 30.7 Å². The predicted octanol–water partition coefficient (Wildman–Crippen LogP) is 3.18. The van der Waals surface area contributed by atoms with Gasteiger partial charge < -0.3 is 16.0 Å². The van der Waals surface area contributed by atoms with Crippen LogP contribution in [0.2, 0.25) is 0 Å². The smallest absolute Gasteiger partial charge is 0.399 e. The van der Waals surface area contributed by atoms with Crippen LogP contribution in [-0.4, -0.2) is 30.6 Å². The van der Waals surface area contributed by atoms with E-state index in [1.165, 1.54) is 12.1 Å². The number of benzene rings is 1. The first-order chi connectivity index (χ1) is 9.40. The summed E-state index contributed by atoms with van der Waals surface area (Å²) < 4.78 is 39.1. The number of nitrogen functional groups attached to an aromatic ring is 1. The van der Waals surface area contributed by atoms with Crippen LogP contribution in [0.1, 0.15) is 25.3 Å². The lowest BCUT2D eigenvalue weighted by Gasteiger charge is -2.33. The molecule has 0 bridgehead atoms. The molecule has 0 radical (unpaired) electrons. The number of nitrogens with zero attached hydrogens (tertiary/aromatic N) is 1. The fourth-order valence-electron chi connectivity index (χ4n) is 2.60. The molecule has 0 saturated carbocycles. The van der Waals surface area contributed by atoms with Gasteiger partial charge in [-0.15, -0.1) is 0 Å². The second kappa shape index (κ2) is 5.91. The number of likely N-dealkylation sites (N-methyl/N-ethyl adjacent to an activating group) is 1. The number of anilines is 2. The fourth-order valence-corrected chi connectivity index (χ4v) is 2.60. The second-order valence-corrected chi connectivity index (χ2v) is 5.18. The molecule has 1 unspecified atom stereocenters. The van der Waals surface area contributed by atoms with E-state index in [4.69, 9.17) is 5.73 Å². The Bertz CT molecular complexity index is 459. The first-order valence-electron chi connectivity index (χ1n) is 6.85. The standard InChI is InChI=1S/C14H20F3N3/c1-2-20-7-3-4-11(9-20)19-13-6-5-10(18)8-12(13)14(15,16)17/h5-6,8,11,19H,2-4,7,9,18H2,1H3. The summed E-state index contributed by atoms with van der Waals surface area (Å²) >= 11 is 0. The van der Waals surface area contributed by atoms with E-state index in [0.717, 1.165) is 38.5 Å². The lowest BCUT2D eigenvalue weighted by Crippen LogP contribution is -2.42. The van der Waals surface area contributed by atoms with Gasteiger partial charge in [0.15, 0.2) is 0 Å². The van der Waals surface area contributed by atoms with Gasteiger partial charge in [0.1, 0.15) is 0 Å². The molecule has 1 saturated heterocycles. The van der Waals surface area contributed by atoms with E-state index >= 15 is 0 Å². The predicted molar refractivity (Wildman–Crippen MR) is 74.6 cm³/mol. The zero-order chi connectivity index (χ0) is 14.8. The topological polar surface area (TPSA) is 41.3 Å². The number of hydrogen-bond acceptors (Lipinski definition) is 3. The molecule has 3 nitrogen and oxygen atoms in total. The van der Waals surface area contributed by atoms with Crippen molar-refractivity contribution < 1.29 is 13.2 Å². The normalized spacial score (nSPS) is 20.9. The van der Waals surface area contributed by atoms with Gasteiger partial charge in [0.25, 0.3) is 0 Å². The number of piperidine rings is 1. The molecule has 1 aliphatic heterocycles. The molecule has 6 heteroatoms. The fraction of sp³-hybridized carbons (Fsp3) is 0.571. The number of rotatable bonds is 3. The van der Waals surface area contributed by atoms with Crippen LogP contribution in [-0.2, 0) is 6.18 Å². The van der Waals surface area contributed by atoms with Crippen molar-refractivity contribution >= 4 is 11.4 Å². The minimum atomic E-state index is -4.39. The largest absolute Gasteiger partial charge is 0.418 e. The number of halogens is 3. The molecule has 20 heavy (non-hydrogen) atoms. The van der Waals surface area contributed by atoms with E-state index in [1.54, 1.807) is 0 Å². The Balaban J connectivity index is 2.16.